The Morgan fingerprint density at radius 2 is 1.85 bits per heavy atom. The summed E-state index contributed by atoms with van der Waals surface area (Å²) < 4.78 is 7.25. The first-order valence-corrected chi connectivity index (χ1v) is 9.26. The van der Waals surface area contributed by atoms with E-state index in [1.807, 2.05) is 54.6 Å². The van der Waals surface area contributed by atoms with E-state index in [0.29, 0.717) is 22.9 Å². The largest absolute Gasteiger partial charge is 0.496 e. The first kappa shape index (κ1) is 17.3. The molecule has 27 heavy (non-hydrogen) atoms. The molecule has 1 saturated carbocycles. The minimum absolute atomic E-state index is 0.0995. The Bertz CT molecular complexity index is 945. The molecule has 0 aliphatic heterocycles. The van der Waals surface area contributed by atoms with Crippen LogP contribution in [0.1, 0.15) is 30.1 Å². The van der Waals surface area contributed by atoms with Crippen LogP contribution in [-0.2, 0) is 0 Å². The Hall–Kier alpha value is -3.08. The number of methoxy groups -OCH3 is 1. The zero-order chi connectivity index (χ0) is 18.8. The normalized spacial score (nSPS) is 14.6. The summed E-state index contributed by atoms with van der Waals surface area (Å²) >= 11 is 0. The van der Waals surface area contributed by atoms with Gasteiger partial charge in [0.05, 0.1) is 18.4 Å². The fourth-order valence-corrected chi connectivity index (χ4v) is 3.29. The van der Waals surface area contributed by atoms with Crippen LogP contribution >= 0.6 is 0 Å². The molecule has 1 unspecified atom stereocenters. The Kier molecular flexibility index (Phi) is 4.67. The van der Waals surface area contributed by atoms with Crippen LogP contribution in [0, 0.1) is 5.92 Å². The highest BCUT2D eigenvalue weighted by molar-refractivity contribution is 6.00. The minimum Gasteiger partial charge on any atom is -0.496 e. The van der Waals surface area contributed by atoms with Crippen molar-refractivity contribution in [2.24, 2.45) is 5.92 Å². The lowest BCUT2D eigenvalue weighted by molar-refractivity contribution is 0.0936. The summed E-state index contributed by atoms with van der Waals surface area (Å²) in [6.45, 7) is 2.07. The van der Waals surface area contributed by atoms with Gasteiger partial charge in [0.2, 0.25) is 0 Å². The van der Waals surface area contributed by atoms with Gasteiger partial charge in [0, 0.05) is 17.8 Å². The second kappa shape index (κ2) is 7.27. The van der Waals surface area contributed by atoms with E-state index in [9.17, 15) is 4.79 Å². The number of carbonyl (C=O) groups excluding carboxylic acids is 1. The fraction of sp³-hybridized carbons (Fsp3) is 0.273. The molecule has 1 aliphatic carbocycles. The summed E-state index contributed by atoms with van der Waals surface area (Å²) in [4.78, 5) is 13.0. The van der Waals surface area contributed by atoms with Crippen molar-refractivity contribution in [1.82, 2.24) is 15.1 Å². The maximum absolute atomic E-state index is 13.0. The Morgan fingerprint density at radius 3 is 2.56 bits per heavy atom. The van der Waals surface area contributed by atoms with Crippen LogP contribution in [0.5, 0.6) is 5.75 Å². The molecule has 1 aliphatic rings. The molecule has 1 heterocycles. The van der Waals surface area contributed by atoms with Gasteiger partial charge < -0.3 is 10.1 Å². The van der Waals surface area contributed by atoms with Gasteiger partial charge in [-0.15, -0.1) is 0 Å². The SMILES string of the molecule is COc1ccccc1-c1nn(-c2ccccc2)cc1C(=O)NC(C)C1CC1. The highest BCUT2D eigenvalue weighted by Gasteiger charge is 2.30. The van der Waals surface area contributed by atoms with Crippen molar-refractivity contribution in [3.05, 3.63) is 66.4 Å². The summed E-state index contributed by atoms with van der Waals surface area (Å²) in [6, 6.07) is 17.6. The Balaban J connectivity index is 1.77. The number of aromatic nitrogens is 2. The number of para-hydroxylation sites is 2. The van der Waals surface area contributed by atoms with Gasteiger partial charge in [-0.05, 0) is 49.9 Å². The first-order valence-electron chi connectivity index (χ1n) is 9.26. The molecule has 1 amide bonds. The first-order chi connectivity index (χ1) is 13.2. The summed E-state index contributed by atoms with van der Waals surface area (Å²) in [5.74, 6) is 1.19. The number of amides is 1. The standard InChI is InChI=1S/C22H23N3O2/c1-15(16-12-13-16)23-22(26)19-14-25(17-8-4-3-5-9-17)24-21(19)18-10-6-7-11-20(18)27-2/h3-11,14-16H,12-13H2,1-2H3,(H,23,26). The number of benzene rings is 2. The van der Waals surface area contributed by atoms with Crippen molar-refractivity contribution < 1.29 is 9.53 Å². The van der Waals surface area contributed by atoms with Gasteiger partial charge in [0.25, 0.3) is 5.91 Å². The zero-order valence-corrected chi connectivity index (χ0v) is 15.6. The molecule has 1 atom stereocenters. The van der Waals surface area contributed by atoms with Gasteiger partial charge in [-0.25, -0.2) is 4.68 Å². The van der Waals surface area contributed by atoms with Gasteiger partial charge in [0.15, 0.2) is 0 Å². The Morgan fingerprint density at radius 1 is 1.15 bits per heavy atom. The van der Waals surface area contributed by atoms with E-state index < -0.39 is 0 Å². The molecule has 0 saturated heterocycles. The number of hydrogen-bond acceptors (Lipinski definition) is 3. The van der Waals surface area contributed by atoms with Crippen LogP contribution in [0.3, 0.4) is 0 Å². The van der Waals surface area contributed by atoms with Crippen molar-refractivity contribution in [1.29, 1.82) is 0 Å². The molecule has 2 aromatic carbocycles. The van der Waals surface area contributed by atoms with Gasteiger partial charge in [0.1, 0.15) is 11.4 Å². The molecule has 5 heteroatoms. The van der Waals surface area contributed by atoms with E-state index in [-0.39, 0.29) is 11.9 Å². The quantitative estimate of drug-likeness (QED) is 0.720. The number of nitrogens with zero attached hydrogens (tertiary/aromatic N) is 2. The third kappa shape index (κ3) is 3.58. The zero-order valence-electron chi connectivity index (χ0n) is 15.6. The van der Waals surface area contributed by atoms with E-state index in [1.54, 1.807) is 18.0 Å². The number of hydrogen-bond donors (Lipinski definition) is 1. The van der Waals surface area contributed by atoms with Gasteiger partial charge in [-0.2, -0.15) is 5.10 Å². The van der Waals surface area contributed by atoms with Crippen molar-refractivity contribution >= 4 is 5.91 Å². The third-order valence-corrected chi connectivity index (χ3v) is 5.03. The van der Waals surface area contributed by atoms with Crippen LogP contribution in [-0.4, -0.2) is 28.8 Å². The molecule has 3 aromatic rings. The van der Waals surface area contributed by atoms with Gasteiger partial charge in [-0.1, -0.05) is 30.3 Å². The lowest BCUT2D eigenvalue weighted by atomic mass is 10.1. The molecule has 1 aromatic heterocycles. The van der Waals surface area contributed by atoms with Crippen LogP contribution in [0.25, 0.3) is 16.9 Å². The smallest absolute Gasteiger partial charge is 0.255 e. The molecule has 1 fully saturated rings. The van der Waals surface area contributed by atoms with Crippen molar-refractivity contribution in [2.45, 2.75) is 25.8 Å². The number of carbonyl (C=O) groups is 1. The summed E-state index contributed by atoms with van der Waals surface area (Å²) in [5, 5.41) is 7.86. The van der Waals surface area contributed by atoms with Crippen molar-refractivity contribution in [3.63, 3.8) is 0 Å². The molecule has 0 radical (unpaired) electrons. The monoisotopic (exact) mass is 361 g/mol. The summed E-state index contributed by atoms with van der Waals surface area (Å²) in [6.07, 6.45) is 4.17. The van der Waals surface area contributed by atoms with E-state index >= 15 is 0 Å². The molecule has 138 valence electrons. The molecule has 1 N–H and O–H groups in total. The minimum atomic E-state index is -0.0995. The van der Waals surface area contributed by atoms with Crippen LogP contribution in [0.4, 0.5) is 0 Å². The molecular weight excluding hydrogens is 338 g/mol. The average Bonchev–Trinajstić information content (AvgIpc) is 3.47. The van der Waals surface area contributed by atoms with E-state index in [4.69, 9.17) is 9.84 Å². The number of ether oxygens (including phenoxy) is 1. The maximum atomic E-state index is 13.0. The van der Waals surface area contributed by atoms with Crippen LogP contribution in [0.2, 0.25) is 0 Å². The second-order valence-electron chi connectivity index (χ2n) is 6.97. The topological polar surface area (TPSA) is 56.2 Å². The fourth-order valence-electron chi connectivity index (χ4n) is 3.29. The second-order valence-corrected chi connectivity index (χ2v) is 6.97. The Labute approximate surface area is 159 Å². The van der Waals surface area contributed by atoms with Crippen molar-refractivity contribution in [3.8, 4) is 22.7 Å². The van der Waals surface area contributed by atoms with Crippen molar-refractivity contribution in [2.75, 3.05) is 7.11 Å². The number of nitrogens with one attached hydrogen (secondary N) is 1. The summed E-state index contributed by atoms with van der Waals surface area (Å²) in [5.41, 5.74) is 2.88. The highest BCUT2D eigenvalue weighted by Crippen LogP contribution is 2.34. The molecule has 0 spiro atoms. The predicted molar refractivity (Wildman–Crippen MR) is 105 cm³/mol. The third-order valence-electron chi connectivity index (χ3n) is 5.03. The van der Waals surface area contributed by atoms with E-state index in [2.05, 4.69) is 12.2 Å². The lowest BCUT2D eigenvalue weighted by Gasteiger charge is -2.13. The van der Waals surface area contributed by atoms with Crippen LogP contribution < -0.4 is 10.1 Å². The van der Waals surface area contributed by atoms with Crippen LogP contribution in [0.15, 0.2) is 60.8 Å². The molecule has 5 nitrogen and oxygen atoms in total. The molecule has 0 bridgehead atoms. The van der Waals surface area contributed by atoms with E-state index in [1.165, 1.54) is 12.8 Å². The predicted octanol–water partition coefficient (Wildman–Crippen LogP) is 4.08. The maximum Gasteiger partial charge on any atom is 0.255 e. The lowest BCUT2D eigenvalue weighted by Crippen LogP contribution is -2.34. The summed E-state index contributed by atoms with van der Waals surface area (Å²) in [7, 11) is 1.63. The molecule has 4 rings (SSSR count). The number of rotatable bonds is 6. The highest BCUT2D eigenvalue weighted by atomic mass is 16.5. The van der Waals surface area contributed by atoms with E-state index in [0.717, 1.165) is 11.3 Å². The average molecular weight is 361 g/mol. The van der Waals surface area contributed by atoms with Gasteiger partial charge in [-0.3, -0.25) is 4.79 Å². The van der Waals surface area contributed by atoms with Gasteiger partial charge >= 0.3 is 0 Å². The molecular formula is C22H23N3O2.